The first-order valence-corrected chi connectivity index (χ1v) is 10.3. The summed E-state index contributed by atoms with van der Waals surface area (Å²) in [5.41, 5.74) is -0.402. The highest BCUT2D eigenvalue weighted by Crippen LogP contribution is 2.20. The molecule has 1 aromatic heterocycles. The molecule has 0 aliphatic heterocycles. The normalized spacial score (nSPS) is 13.0. The number of hydrogen-bond acceptors (Lipinski definition) is 7. The van der Waals surface area contributed by atoms with E-state index in [0.717, 1.165) is 10.9 Å². The number of aromatic nitrogens is 2. The van der Waals surface area contributed by atoms with Crippen LogP contribution in [0.5, 0.6) is 5.75 Å². The van der Waals surface area contributed by atoms with Gasteiger partial charge < -0.3 is 24.6 Å². The van der Waals surface area contributed by atoms with Gasteiger partial charge in [0.25, 0.3) is 0 Å². The largest absolute Gasteiger partial charge is 0.490 e. The second-order valence-electron chi connectivity index (χ2n) is 9.26. The highest BCUT2D eigenvalue weighted by molar-refractivity contribution is 5.79. The van der Waals surface area contributed by atoms with Crippen molar-refractivity contribution in [2.45, 2.75) is 71.8 Å². The lowest BCUT2D eigenvalue weighted by atomic mass is 10.2. The van der Waals surface area contributed by atoms with E-state index in [1.807, 2.05) is 27.0 Å². The van der Waals surface area contributed by atoms with Crippen molar-refractivity contribution in [3.8, 4) is 5.75 Å². The number of alkyl carbamates (subject to hydrolysis) is 1. The number of carbonyl (C=O) groups excluding carboxylic acids is 2. The first-order valence-electron chi connectivity index (χ1n) is 10.3. The van der Waals surface area contributed by atoms with Gasteiger partial charge in [-0.2, -0.15) is 5.10 Å². The van der Waals surface area contributed by atoms with Crippen molar-refractivity contribution in [2.24, 2.45) is 0 Å². The molecule has 0 aliphatic carbocycles. The second-order valence-corrected chi connectivity index (χ2v) is 9.26. The quantitative estimate of drug-likeness (QED) is 0.484. The first-order chi connectivity index (χ1) is 14.3. The van der Waals surface area contributed by atoms with Crippen LogP contribution in [0.2, 0.25) is 0 Å². The summed E-state index contributed by atoms with van der Waals surface area (Å²) in [4.78, 5) is 23.5. The molecule has 0 fully saturated rings. The van der Waals surface area contributed by atoms with E-state index in [4.69, 9.17) is 14.2 Å². The van der Waals surface area contributed by atoms with Gasteiger partial charge in [0, 0.05) is 24.7 Å². The maximum Gasteiger partial charge on any atom is 0.407 e. The fourth-order valence-corrected chi connectivity index (χ4v) is 2.62. The Morgan fingerprint density at radius 2 is 1.81 bits per heavy atom. The number of nitrogens with one attached hydrogen (secondary N) is 1. The number of rotatable bonds is 8. The van der Waals surface area contributed by atoms with E-state index in [2.05, 4.69) is 10.4 Å². The molecule has 1 heterocycles. The predicted molar refractivity (Wildman–Crippen MR) is 116 cm³/mol. The lowest BCUT2D eigenvalue weighted by molar-refractivity contribution is -0.166. The van der Waals surface area contributed by atoms with E-state index >= 15 is 0 Å². The lowest BCUT2D eigenvalue weighted by Crippen LogP contribution is -2.35. The molecule has 0 unspecified atom stereocenters. The average molecular weight is 436 g/mol. The number of ether oxygens (including phenoxy) is 3. The van der Waals surface area contributed by atoms with E-state index in [0.29, 0.717) is 25.3 Å². The summed E-state index contributed by atoms with van der Waals surface area (Å²) in [5, 5.41) is 18.0. The Labute approximate surface area is 182 Å². The molecule has 9 heteroatoms. The number of aryl methyl sites for hydroxylation is 1. The first kappa shape index (κ1) is 24.5. The number of nitrogens with zero attached hydrogens (tertiary/aromatic N) is 2. The highest BCUT2D eigenvalue weighted by atomic mass is 16.6. The molecule has 0 spiro atoms. The summed E-state index contributed by atoms with van der Waals surface area (Å²) in [6.07, 6.45) is 0.766. The van der Waals surface area contributed by atoms with Gasteiger partial charge in [-0.25, -0.2) is 9.59 Å². The van der Waals surface area contributed by atoms with Crippen molar-refractivity contribution in [2.75, 3.05) is 13.2 Å². The highest BCUT2D eigenvalue weighted by Gasteiger charge is 2.23. The molecule has 172 valence electrons. The fraction of sp³-hybridized carbons (Fsp3) is 0.591. The molecular weight excluding hydrogens is 402 g/mol. The number of benzene rings is 1. The van der Waals surface area contributed by atoms with Gasteiger partial charge in [-0.3, -0.25) is 4.68 Å². The van der Waals surface area contributed by atoms with Crippen molar-refractivity contribution in [3.63, 3.8) is 0 Å². The van der Waals surface area contributed by atoms with Crippen LogP contribution in [-0.4, -0.2) is 57.4 Å². The van der Waals surface area contributed by atoms with Crippen LogP contribution in [0.15, 0.2) is 24.4 Å². The van der Waals surface area contributed by atoms with Gasteiger partial charge in [0.1, 0.15) is 23.6 Å². The lowest BCUT2D eigenvalue weighted by Gasteiger charge is -2.21. The molecule has 31 heavy (non-hydrogen) atoms. The number of amides is 1. The van der Waals surface area contributed by atoms with E-state index in [9.17, 15) is 14.7 Å². The smallest absolute Gasteiger partial charge is 0.407 e. The molecular formula is C22H33N3O6. The van der Waals surface area contributed by atoms with Crippen LogP contribution in [0.3, 0.4) is 0 Å². The van der Waals surface area contributed by atoms with Crippen molar-refractivity contribution in [1.82, 2.24) is 15.1 Å². The molecule has 0 saturated carbocycles. The third kappa shape index (κ3) is 8.84. The summed E-state index contributed by atoms with van der Waals surface area (Å²) >= 11 is 0. The van der Waals surface area contributed by atoms with Crippen molar-refractivity contribution in [1.29, 1.82) is 0 Å². The van der Waals surface area contributed by atoms with Crippen molar-refractivity contribution >= 4 is 23.0 Å². The van der Waals surface area contributed by atoms with Crippen LogP contribution < -0.4 is 10.1 Å². The molecule has 2 rings (SSSR count). The molecule has 1 atom stereocenters. The summed E-state index contributed by atoms with van der Waals surface area (Å²) in [5.74, 6) is -0.206. The van der Waals surface area contributed by atoms with Gasteiger partial charge in [-0.05, 0) is 66.2 Å². The maximum absolute atomic E-state index is 11.8. The number of esters is 1. The summed E-state index contributed by atoms with van der Waals surface area (Å²) < 4.78 is 17.7. The molecule has 2 N–H and O–H groups in total. The standard InChI is InChI=1S/C22H33N3O6/c1-21(2,3)30-19(27)18(26)14-29-16-8-9-17-15(12-16)13-25(24-17)11-7-10-23-20(28)31-22(4,5)6/h8-9,12-13,18,26H,7,10-11,14H2,1-6H3,(H,23,28)/t18-/m1/s1. The topological polar surface area (TPSA) is 112 Å². The zero-order valence-corrected chi connectivity index (χ0v) is 19.1. The van der Waals surface area contributed by atoms with E-state index < -0.39 is 29.4 Å². The Balaban J connectivity index is 1.83. The Bertz CT molecular complexity index is 895. The number of aliphatic hydroxyl groups is 1. The number of hydrogen-bond donors (Lipinski definition) is 2. The minimum absolute atomic E-state index is 0.203. The SMILES string of the molecule is CC(C)(C)OC(=O)NCCCn1cc2cc(OC[C@@H](O)C(=O)OC(C)(C)C)ccc2n1. The number of fused-ring (bicyclic) bond motifs is 1. The van der Waals surface area contributed by atoms with Gasteiger partial charge >= 0.3 is 12.1 Å². The third-order valence-electron chi connectivity index (χ3n) is 3.84. The zero-order chi connectivity index (χ0) is 23.2. The van der Waals surface area contributed by atoms with Gasteiger partial charge in [-0.1, -0.05) is 0 Å². The van der Waals surface area contributed by atoms with E-state index in [-0.39, 0.29) is 6.61 Å². The van der Waals surface area contributed by atoms with Crippen LogP contribution in [0, 0.1) is 0 Å². The minimum atomic E-state index is -1.37. The number of aliphatic hydroxyl groups excluding tert-OH is 1. The van der Waals surface area contributed by atoms with Crippen LogP contribution >= 0.6 is 0 Å². The van der Waals surface area contributed by atoms with Crippen LogP contribution in [0.4, 0.5) is 4.79 Å². The molecule has 1 amide bonds. The predicted octanol–water partition coefficient (Wildman–Crippen LogP) is 3.03. The monoisotopic (exact) mass is 435 g/mol. The molecule has 1 aromatic carbocycles. The summed E-state index contributed by atoms with van der Waals surface area (Å²) in [7, 11) is 0. The van der Waals surface area contributed by atoms with Gasteiger partial charge in [0.05, 0.1) is 5.52 Å². The van der Waals surface area contributed by atoms with Gasteiger partial charge in [0.2, 0.25) is 0 Å². The van der Waals surface area contributed by atoms with Crippen LogP contribution in [0.1, 0.15) is 48.0 Å². The third-order valence-corrected chi connectivity index (χ3v) is 3.84. The average Bonchev–Trinajstić information content (AvgIpc) is 3.02. The van der Waals surface area contributed by atoms with Crippen LogP contribution in [0.25, 0.3) is 10.9 Å². The zero-order valence-electron chi connectivity index (χ0n) is 19.1. The molecule has 0 aliphatic rings. The van der Waals surface area contributed by atoms with Crippen LogP contribution in [-0.2, 0) is 20.8 Å². The molecule has 9 nitrogen and oxygen atoms in total. The summed E-state index contributed by atoms with van der Waals surface area (Å²) in [6.45, 7) is 11.5. The second kappa shape index (κ2) is 10.00. The Hall–Kier alpha value is -2.81. The van der Waals surface area contributed by atoms with Crippen molar-refractivity contribution < 1.29 is 28.9 Å². The van der Waals surface area contributed by atoms with E-state index in [1.54, 1.807) is 43.7 Å². The molecule has 2 aromatic rings. The molecule has 0 saturated heterocycles. The minimum Gasteiger partial charge on any atom is -0.490 e. The van der Waals surface area contributed by atoms with Gasteiger partial charge in [-0.15, -0.1) is 0 Å². The van der Waals surface area contributed by atoms with Gasteiger partial charge in [0.15, 0.2) is 6.10 Å². The molecule has 0 bridgehead atoms. The summed E-state index contributed by atoms with van der Waals surface area (Å²) in [6, 6.07) is 5.32. The van der Waals surface area contributed by atoms with E-state index in [1.165, 1.54) is 0 Å². The Morgan fingerprint density at radius 1 is 1.13 bits per heavy atom. The maximum atomic E-state index is 11.8. The Morgan fingerprint density at radius 3 is 2.45 bits per heavy atom. The Kier molecular flexibility index (Phi) is 7.89. The van der Waals surface area contributed by atoms with Crippen molar-refractivity contribution in [3.05, 3.63) is 24.4 Å². The molecule has 0 radical (unpaired) electrons. The number of carbonyl (C=O) groups is 2. The fourth-order valence-electron chi connectivity index (χ4n) is 2.62.